The van der Waals surface area contributed by atoms with Crippen LogP contribution in [0.3, 0.4) is 0 Å². The molecule has 0 amide bonds. The van der Waals surface area contributed by atoms with Crippen LogP contribution in [0.4, 0.5) is 0 Å². The summed E-state index contributed by atoms with van der Waals surface area (Å²) in [5.41, 5.74) is 13.5. The van der Waals surface area contributed by atoms with E-state index in [1.165, 1.54) is 65.5 Å². The number of nitrogens with zero attached hydrogens (tertiary/aromatic N) is 2. The average molecular weight is 541 g/mol. The van der Waals surface area contributed by atoms with E-state index in [4.69, 9.17) is 9.97 Å². The van der Waals surface area contributed by atoms with E-state index >= 15 is 0 Å². The third-order valence-corrected chi connectivity index (χ3v) is 9.32. The van der Waals surface area contributed by atoms with Crippen molar-refractivity contribution in [2.45, 2.75) is 37.5 Å². The highest BCUT2D eigenvalue weighted by Crippen LogP contribution is 2.56. The fourth-order valence-electron chi connectivity index (χ4n) is 7.34. The van der Waals surface area contributed by atoms with Crippen LogP contribution in [0.2, 0.25) is 0 Å². The molecule has 1 aromatic heterocycles. The first-order valence-electron chi connectivity index (χ1n) is 15.1. The monoisotopic (exact) mass is 540 g/mol. The van der Waals surface area contributed by atoms with Crippen molar-refractivity contribution in [1.82, 2.24) is 9.97 Å². The van der Waals surface area contributed by atoms with Crippen LogP contribution < -0.4 is 0 Å². The van der Waals surface area contributed by atoms with Crippen molar-refractivity contribution in [1.29, 1.82) is 0 Å². The predicted molar refractivity (Wildman–Crippen MR) is 173 cm³/mol. The SMILES string of the molecule is c1ccc(-c2cc(-c3ccccc3-c3ccc4c(c3)-c3ccccc3C43CCCCC3)nc(-c3ccccc3)n2)cc1. The third kappa shape index (κ3) is 4.10. The third-order valence-electron chi connectivity index (χ3n) is 9.32. The van der Waals surface area contributed by atoms with Gasteiger partial charge in [-0.25, -0.2) is 9.97 Å². The molecule has 0 atom stereocenters. The Balaban J connectivity index is 1.30. The molecule has 8 rings (SSSR count). The predicted octanol–water partition coefficient (Wildman–Crippen LogP) is 10.4. The van der Waals surface area contributed by atoms with Gasteiger partial charge in [0.15, 0.2) is 5.82 Å². The molecular weight excluding hydrogens is 508 g/mol. The summed E-state index contributed by atoms with van der Waals surface area (Å²) in [6.07, 6.45) is 6.45. The Morgan fingerprint density at radius 3 is 1.76 bits per heavy atom. The fourth-order valence-corrected chi connectivity index (χ4v) is 7.34. The molecule has 0 N–H and O–H groups in total. The summed E-state index contributed by atoms with van der Waals surface area (Å²) in [5.74, 6) is 0.740. The largest absolute Gasteiger partial charge is 0.228 e. The van der Waals surface area contributed by atoms with Gasteiger partial charge in [-0.3, -0.25) is 0 Å². The smallest absolute Gasteiger partial charge is 0.160 e. The second kappa shape index (κ2) is 10.2. The molecule has 0 aliphatic heterocycles. The zero-order valence-corrected chi connectivity index (χ0v) is 23.6. The maximum absolute atomic E-state index is 5.15. The van der Waals surface area contributed by atoms with Crippen LogP contribution >= 0.6 is 0 Å². The summed E-state index contributed by atoms with van der Waals surface area (Å²) in [4.78, 5) is 10.2. The first-order valence-corrected chi connectivity index (χ1v) is 15.1. The van der Waals surface area contributed by atoms with Gasteiger partial charge in [0, 0.05) is 22.1 Å². The van der Waals surface area contributed by atoms with Gasteiger partial charge in [-0.05, 0) is 58.4 Å². The van der Waals surface area contributed by atoms with E-state index in [2.05, 4.69) is 109 Å². The Labute approximate surface area is 247 Å². The van der Waals surface area contributed by atoms with Crippen molar-refractivity contribution in [3.05, 3.63) is 145 Å². The van der Waals surface area contributed by atoms with E-state index in [-0.39, 0.29) is 5.41 Å². The molecule has 2 aliphatic carbocycles. The van der Waals surface area contributed by atoms with E-state index in [1.54, 1.807) is 0 Å². The Morgan fingerprint density at radius 2 is 1.00 bits per heavy atom. The van der Waals surface area contributed by atoms with Crippen molar-refractivity contribution < 1.29 is 0 Å². The van der Waals surface area contributed by atoms with Gasteiger partial charge in [-0.1, -0.05) is 141 Å². The molecule has 0 radical (unpaired) electrons. The van der Waals surface area contributed by atoms with Crippen LogP contribution in [0, 0.1) is 0 Å². The topological polar surface area (TPSA) is 25.8 Å². The number of rotatable bonds is 4. The molecule has 0 unspecified atom stereocenters. The standard InChI is InChI=1S/C40H32N2/c1-4-14-28(15-5-1)37-27-38(42-39(41-37)29-16-6-2-7-17-29)33-20-9-8-18-31(33)30-22-23-36-34(26-30)32-19-10-11-21-35(32)40(36)24-12-3-13-25-40/h1-2,4-11,14-23,26-27H,3,12-13,24-25H2. The van der Waals surface area contributed by atoms with Crippen molar-refractivity contribution in [3.63, 3.8) is 0 Å². The van der Waals surface area contributed by atoms with Crippen LogP contribution in [0.15, 0.2) is 133 Å². The summed E-state index contributed by atoms with van der Waals surface area (Å²) in [6, 6.07) is 47.9. The van der Waals surface area contributed by atoms with Gasteiger partial charge >= 0.3 is 0 Å². The molecule has 0 bridgehead atoms. The second-order valence-electron chi connectivity index (χ2n) is 11.7. The number of benzene rings is 5. The Hall–Kier alpha value is -4.82. The van der Waals surface area contributed by atoms with Crippen LogP contribution in [-0.2, 0) is 5.41 Å². The van der Waals surface area contributed by atoms with Gasteiger partial charge in [-0.2, -0.15) is 0 Å². The van der Waals surface area contributed by atoms with Crippen LogP contribution in [0.25, 0.3) is 56.2 Å². The molecule has 1 fully saturated rings. The van der Waals surface area contributed by atoms with Crippen LogP contribution in [0.1, 0.15) is 43.2 Å². The fraction of sp³-hybridized carbons (Fsp3) is 0.150. The highest BCUT2D eigenvalue weighted by atomic mass is 14.9. The van der Waals surface area contributed by atoms with Crippen molar-refractivity contribution in [2.75, 3.05) is 0 Å². The lowest BCUT2D eigenvalue weighted by Crippen LogP contribution is -2.27. The Kier molecular flexibility index (Phi) is 6.07. The zero-order chi connectivity index (χ0) is 27.9. The Morgan fingerprint density at radius 1 is 0.405 bits per heavy atom. The van der Waals surface area contributed by atoms with Gasteiger partial charge < -0.3 is 0 Å². The number of fused-ring (bicyclic) bond motifs is 5. The van der Waals surface area contributed by atoms with E-state index < -0.39 is 0 Å². The van der Waals surface area contributed by atoms with Crippen molar-refractivity contribution >= 4 is 0 Å². The molecule has 5 aromatic carbocycles. The number of hydrogen-bond donors (Lipinski definition) is 0. The molecule has 1 heterocycles. The molecule has 2 aliphatic rings. The van der Waals surface area contributed by atoms with Crippen LogP contribution in [-0.4, -0.2) is 9.97 Å². The lowest BCUT2D eigenvalue weighted by atomic mass is 9.68. The maximum Gasteiger partial charge on any atom is 0.160 e. The van der Waals surface area contributed by atoms with Crippen molar-refractivity contribution in [3.8, 4) is 56.2 Å². The summed E-state index contributed by atoms with van der Waals surface area (Å²) in [5, 5.41) is 0. The van der Waals surface area contributed by atoms with Crippen molar-refractivity contribution in [2.24, 2.45) is 0 Å². The lowest BCUT2D eigenvalue weighted by molar-refractivity contribution is 0.353. The quantitative estimate of drug-likeness (QED) is 0.222. The van der Waals surface area contributed by atoms with Gasteiger partial charge in [-0.15, -0.1) is 0 Å². The molecule has 2 heteroatoms. The van der Waals surface area contributed by atoms with Gasteiger partial charge in [0.05, 0.1) is 11.4 Å². The Bertz CT molecular complexity index is 1840. The minimum Gasteiger partial charge on any atom is -0.228 e. The van der Waals surface area contributed by atoms with E-state index in [0.717, 1.165) is 33.9 Å². The molecule has 42 heavy (non-hydrogen) atoms. The molecule has 0 saturated heterocycles. The molecule has 6 aromatic rings. The maximum atomic E-state index is 5.15. The second-order valence-corrected chi connectivity index (χ2v) is 11.7. The lowest BCUT2D eigenvalue weighted by Gasteiger charge is -2.36. The minimum absolute atomic E-state index is 0.171. The molecule has 2 nitrogen and oxygen atoms in total. The molecular formula is C40H32N2. The van der Waals surface area contributed by atoms with Gasteiger partial charge in [0.25, 0.3) is 0 Å². The molecule has 1 spiro atoms. The van der Waals surface area contributed by atoms with Gasteiger partial charge in [0.2, 0.25) is 0 Å². The first-order chi connectivity index (χ1) is 20.8. The highest BCUT2D eigenvalue weighted by Gasteiger charge is 2.43. The summed E-state index contributed by atoms with van der Waals surface area (Å²) in [6.45, 7) is 0. The van der Waals surface area contributed by atoms with Gasteiger partial charge in [0.1, 0.15) is 0 Å². The van der Waals surface area contributed by atoms with Crippen LogP contribution in [0.5, 0.6) is 0 Å². The molecule has 1 saturated carbocycles. The minimum atomic E-state index is 0.171. The average Bonchev–Trinajstić information content (AvgIpc) is 3.34. The molecule has 202 valence electrons. The summed E-state index contributed by atoms with van der Waals surface area (Å²) < 4.78 is 0. The number of hydrogen-bond acceptors (Lipinski definition) is 2. The highest BCUT2D eigenvalue weighted by molar-refractivity contribution is 5.89. The number of aromatic nitrogens is 2. The summed E-state index contributed by atoms with van der Waals surface area (Å²) in [7, 11) is 0. The van der Waals surface area contributed by atoms with E-state index in [9.17, 15) is 0 Å². The first kappa shape index (κ1) is 24.9. The normalized spacial score (nSPS) is 14.9. The van der Waals surface area contributed by atoms with E-state index in [1.807, 2.05) is 24.3 Å². The zero-order valence-electron chi connectivity index (χ0n) is 23.6. The summed E-state index contributed by atoms with van der Waals surface area (Å²) >= 11 is 0. The van der Waals surface area contributed by atoms with E-state index in [0.29, 0.717) is 0 Å².